The fraction of sp³-hybridized carbons (Fsp3) is 0.167. The molecule has 7 nitrogen and oxygen atoms in total. The fourth-order valence-electron chi connectivity index (χ4n) is 1.53. The lowest BCUT2D eigenvalue weighted by atomic mass is 10.2. The van der Waals surface area contributed by atoms with E-state index >= 15 is 0 Å². The molecule has 2 rings (SSSR count). The highest BCUT2D eigenvalue weighted by atomic mass is 32.2. The molecule has 0 aliphatic carbocycles. The first kappa shape index (κ1) is 14.2. The number of sulfonamides is 1. The van der Waals surface area contributed by atoms with Crippen LogP contribution in [-0.2, 0) is 16.4 Å². The molecule has 0 aliphatic rings. The van der Waals surface area contributed by atoms with Crippen LogP contribution in [0.4, 0.5) is 0 Å². The van der Waals surface area contributed by atoms with Gasteiger partial charge in [0.15, 0.2) is 5.76 Å². The number of aromatic nitrogens is 1. The number of furan rings is 1. The number of hydrogen-bond donors (Lipinski definition) is 2. The van der Waals surface area contributed by atoms with Gasteiger partial charge in [0, 0.05) is 24.9 Å². The lowest BCUT2D eigenvalue weighted by Crippen LogP contribution is -2.25. The smallest absolute Gasteiger partial charge is 0.287 e. The Balaban J connectivity index is 1.91. The summed E-state index contributed by atoms with van der Waals surface area (Å²) >= 11 is 0. The van der Waals surface area contributed by atoms with Crippen molar-refractivity contribution in [3.8, 4) is 0 Å². The lowest BCUT2D eigenvalue weighted by molar-refractivity contribution is 0.0921. The average molecular weight is 295 g/mol. The maximum atomic E-state index is 11.7. The number of carbonyl (C=O) groups is 1. The van der Waals surface area contributed by atoms with E-state index in [1.165, 1.54) is 6.07 Å². The molecule has 0 spiro atoms. The first-order chi connectivity index (χ1) is 9.47. The van der Waals surface area contributed by atoms with Gasteiger partial charge < -0.3 is 9.73 Å². The maximum Gasteiger partial charge on any atom is 0.287 e. The van der Waals surface area contributed by atoms with Gasteiger partial charge in [0.05, 0.1) is 0 Å². The molecule has 2 aromatic heterocycles. The minimum absolute atomic E-state index is 0.102. The first-order valence-corrected chi connectivity index (χ1v) is 7.32. The highest BCUT2D eigenvalue weighted by Gasteiger charge is 2.17. The number of carbonyl (C=O) groups excluding carboxylic acids is 1. The lowest BCUT2D eigenvalue weighted by Gasteiger charge is -2.02. The van der Waals surface area contributed by atoms with Gasteiger partial charge >= 0.3 is 0 Å². The predicted octanol–water partition coefficient (Wildman–Crippen LogP) is 0.294. The third kappa shape index (κ3) is 3.65. The average Bonchev–Trinajstić information content (AvgIpc) is 2.89. The maximum absolute atomic E-state index is 11.7. The number of nitrogens with two attached hydrogens (primary N) is 1. The van der Waals surface area contributed by atoms with Crippen LogP contribution in [0, 0.1) is 0 Å². The van der Waals surface area contributed by atoms with Crippen molar-refractivity contribution >= 4 is 15.9 Å². The van der Waals surface area contributed by atoms with Crippen LogP contribution in [-0.4, -0.2) is 25.9 Å². The SMILES string of the molecule is NS(=O)(=O)c1ccc(C(=O)NCCc2ccccn2)o1. The molecule has 0 radical (unpaired) electrons. The molecule has 2 aromatic rings. The molecule has 0 saturated carbocycles. The van der Waals surface area contributed by atoms with E-state index in [1.807, 2.05) is 12.1 Å². The van der Waals surface area contributed by atoms with Crippen LogP contribution in [0.25, 0.3) is 0 Å². The summed E-state index contributed by atoms with van der Waals surface area (Å²) in [6, 6.07) is 7.91. The Kier molecular flexibility index (Phi) is 4.16. The number of pyridine rings is 1. The largest absolute Gasteiger partial charge is 0.438 e. The zero-order valence-electron chi connectivity index (χ0n) is 10.4. The molecule has 2 heterocycles. The molecule has 0 atom stereocenters. The van der Waals surface area contributed by atoms with Crippen molar-refractivity contribution in [2.45, 2.75) is 11.5 Å². The summed E-state index contributed by atoms with van der Waals surface area (Å²) in [5, 5.41) is 7.05. The van der Waals surface area contributed by atoms with Gasteiger partial charge in [0.1, 0.15) is 0 Å². The van der Waals surface area contributed by atoms with Gasteiger partial charge in [-0.25, -0.2) is 13.6 Å². The van der Waals surface area contributed by atoms with Crippen molar-refractivity contribution in [1.82, 2.24) is 10.3 Å². The van der Waals surface area contributed by atoms with E-state index < -0.39 is 21.0 Å². The van der Waals surface area contributed by atoms with Gasteiger partial charge in [-0.15, -0.1) is 0 Å². The van der Waals surface area contributed by atoms with E-state index in [2.05, 4.69) is 10.3 Å². The molecule has 8 heteroatoms. The fourth-order valence-corrected chi connectivity index (χ4v) is 2.00. The van der Waals surface area contributed by atoms with Crippen molar-refractivity contribution < 1.29 is 17.6 Å². The van der Waals surface area contributed by atoms with E-state index in [1.54, 1.807) is 12.3 Å². The summed E-state index contributed by atoms with van der Waals surface area (Å²) in [7, 11) is -3.94. The van der Waals surface area contributed by atoms with E-state index in [9.17, 15) is 13.2 Å². The molecule has 0 fully saturated rings. The monoisotopic (exact) mass is 295 g/mol. The highest BCUT2D eigenvalue weighted by molar-refractivity contribution is 7.89. The van der Waals surface area contributed by atoms with Gasteiger partial charge in [0.2, 0.25) is 5.09 Å². The summed E-state index contributed by atoms with van der Waals surface area (Å²) in [6.45, 7) is 0.362. The zero-order valence-corrected chi connectivity index (χ0v) is 11.3. The Bertz CT molecular complexity index is 695. The van der Waals surface area contributed by atoms with Crippen molar-refractivity contribution in [3.05, 3.63) is 48.0 Å². The van der Waals surface area contributed by atoms with E-state index in [4.69, 9.17) is 9.56 Å². The molecule has 1 amide bonds. The van der Waals surface area contributed by atoms with Crippen LogP contribution in [0.1, 0.15) is 16.2 Å². The molecule has 20 heavy (non-hydrogen) atoms. The molecule has 3 N–H and O–H groups in total. The number of nitrogens with zero attached hydrogens (tertiary/aromatic N) is 1. The Labute approximate surface area is 115 Å². The molecule has 106 valence electrons. The van der Waals surface area contributed by atoms with E-state index in [-0.39, 0.29) is 5.76 Å². The summed E-state index contributed by atoms with van der Waals surface area (Å²) in [4.78, 5) is 15.8. The number of primary sulfonamides is 1. The molecule has 0 unspecified atom stereocenters. The van der Waals surface area contributed by atoms with Crippen molar-refractivity contribution in [1.29, 1.82) is 0 Å². The second-order valence-corrected chi connectivity index (χ2v) is 5.48. The standard InChI is InChI=1S/C12H13N3O4S/c13-20(17,18)11-5-4-10(19-11)12(16)15-8-6-9-3-1-2-7-14-9/h1-5,7H,6,8H2,(H,15,16)(H2,13,17,18). The van der Waals surface area contributed by atoms with Crippen LogP contribution >= 0.6 is 0 Å². The van der Waals surface area contributed by atoms with Crippen molar-refractivity contribution in [2.75, 3.05) is 6.54 Å². The minimum atomic E-state index is -3.94. The first-order valence-electron chi connectivity index (χ1n) is 5.77. The van der Waals surface area contributed by atoms with Gasteiger partial charge in [-0.2, -0.15) is 0 Å². The van der Waals surface area contributed by atoms with Crippen LogP contribution in [0.2, 0.25) is 0 Å². The summed E-state index contributed by atoms with van der Waals surface area (Å²) in [5.74, 6) is -0.606. The normalized spacial score (nSPS) is 11.2. The Hall–Kier alpha value is -2.19. The summed E-state index contributed by atoms with van der Waals surface area (Å²) < 4.78 is 26.9. The second kappa shape index (κ2) is 5.85. The number of rotatable bonds is 5. The Morgan fingerprint density at radius 3 is 2.70 bits per heavy atom. The molecule has 0 saturated heterocycles. The second-order valence-electron chi connectivity index (χ2n) is 3.99. The quantitative estimate of drug-likeness (QED) is 0.822. The van der Waals surface area contributed by atoms with Gasteiger partial charge in [0.25, 0.3) is 15.9 Å². The van der Waals surface area contributed by atoms with Gasteiger partial charge in [-0.3, -0.25) is 9.78 Å². The molecular weight excluding hydrogens is 282 g/mol. The Morgan fingerprint density at radius 2 is 2.10 bits per heavy atom. The molecule has 0 aliphatic heterocycles. The summed E-state index contributed by atoms with van der Waals surface area (Å²) in [6.07, 6.45) is 2.23. The molecular formula is C12H13N3O4S. The van der Waals surface area contributed by atoms with E-state index in [0.717, 1.165) is 11.8 Å². The van der Waals surface area contributed by atoms with Crippen LogP contribution in [0.5, 0.6) is 0 Å². The topological polar surface area (TPSA) is 115 Å². The van der Waals surface area contributed by atoms with Gasteiger partial charge in [-0.1, -0.05) is 6.07 Å². The number of hydrogen-bond acceptors (Lipinski definition) is 5. The van der Waals surface area contributed by atoms with Crippen LogP contribution in [0.3, 0.4) is 0 Å². The van der Waals surface area contributed by atoms with E-state index in [0.29, 0.717) is 13.0 Å². The van der Waals surface area contributed by atoms with Crippen LogP contribution in [0.15, 0.2) is 46.0 Å². The minimum Gasteiger partial charge on any atom is -0.438 e. The third-order valence-electron chi connectivity index (χ3n) is 2.48. The van der Waals surface area contributed by atoms with Gasteiger partial charge in [-0.05, 0) is 24.3 Å². The van der Waals surface area contributed by atoms with Crippen LogP contribution < -0.4 is 10.5 Å². The molecule has 0 aromatic carbocycles. The summed E-state index contributed by atoms with van der Waals surface area (Å²) in [5.41, 5.74) is 0.845. The highest BCUT2D eigenvalue weighted by Crippen LogP contribution is 2.11. The van der Waals surface area contributed by atoms with Crippen molar-refractivity contribution in [2.24, 2.45) is 5.14 Å². The molecule has 0 bridgehead atoms. The predicted molar refractivity (Wildman–Crippen MR) is 70.4 cm³/mol. The number of amides is 1. The number of nitrogens with one attached hydrogen (secondary N) is 1. The Morgan fingerprint density at radius 1 is 1.30 bits per heavy atom. The third-order valence-corrected chi connectivity index (χ3v) is 3.26. The van der Waals surface area contributed by atoms with Crippen molar-refractivity contribution in [3.63, 3.8) is 0 Å². The zero-order chi connectivity index (χ0) is 14.6.